The molecule has 0 spiro atoms. The van der Waals surface area contributed by atoms with E-state index in [4.69, 9.17) is 0 Å². The van der Waals surface area contributed by atoms with E-state index in [9.17, 15) is 27.6 Å². The highest BCUT2D eigenvalue weighted by Crippen LogP contribution is 2.31. The SMILES string of the molecule is Cn1cnc2c1c(=O)n(CC(=O)N1CCN(c3cccc(C(F)(F)F)c3)CC1)c(=O)n2C. The van der Waals surface area contributed by atoms with Crippen molar-refractivity contribution in [3.63, 3.8) is 0 Å². The Hall–Kier alpha value is -3.57. The number of carbonyl (C=O) groups is 1. The second-order valence-electron chi connectivity index (χ2n) is 7.68. The minimum absolute atomic E-state index is 0.217. The predicted molar refractivity (Wildman–Crippen MR) is 110 cm³/mol. The third kappa shape index (κ3) is 3.76. The molecule has 1 amide bonds. The van der Waals surface area contributed by atoms with E-state index >= 15 is 0 Å². The monoisotopic (exact) mass is 450 g/mol. The van der Waals surface area contributed by atoms with Crippen LogP contribution in [0.5, 0.6) is 0 Å². The van der Waals surface area contributed by atoms with Crippen molar-refractivity contribution in [1.29, 1.82) is 0 Å². The molecule has 32 heavy (non-hydrogen) atoms. The lowest BCUT2D eigenvalue weighted by molar-refractivity contribution is -0.137. The molecule has 0 N–H and O–H groups in total. The summed E-state index contributed by atoms with van der Waals surface area (Å²) in [7, 11) is 3.10. The second-order valence-corrected chi connectivity index (χ2v) is 7.68. The highest BCUT2D eigenvalue weighted by Gasteiger charge is 2.31. The molecule has 3 heterocycles. The van der Waals surface area contributed by atoms with Crippen LogP contribution >= 0.6 is 0 Å². The molecule has 12 heteroatoms. The van der Waals surface area contributed by atoms with E-state index in [1.807, 2.05) is 0 Å². The molecule has 1 aromatic carbocycles. The number of fused-ring (bicyclic) bond motifs is 1. The molecule has 0 unspecified atom stereocenters. The van der Waals surface area contributed by atoms with Crippen LogP contribution in [0.25, 0.3) is 11.2 Å². The van der Waals surface area contributed by atoms with Crippen LogP contribution in [0.1, 0.15) is 5.56 Å². The first-order chi connectivity index (χ1) is 15.1. The number of benzene rings is 1. The summed E-state index contributed by atoms with van der Waals surface area (Å²) in [4.78, 5) is 45.5. The lowest BCUT2D eigenvalue weighted by atomic mass is 10.1. The summed E-state index contributed by atoms with van der Waals surface area (Å²) >= 11 is 0. The molecule has 170 valence electrons. The summed E-state index contributed by atoms with van der Waals surface area (Å²) in [6, 6.07) is 5.05. The molecule has 0 aliphatic carbocycles. The van der Waals surface area contributed by atoms with Gasteiger partial charge in [0, 0.05) is 46.0 Å². The third-order valence-corrected chi connectivity index (χ3v) is 5.67. The Balaban J connectivity index is 1.49. The van der Waals surface area contributed by atoms with Crippen molar-refractivity contribution in [2.24, 2.45) is 14.1 Å². The number of aryl methyl sites for hydroxylation is 2. The van der Waals surface area contributed by atoms with Crippen molar-refractivity contribution in [3.05, 3.63) is 57.0 Å². The minimum atomic E-state index is -4.43. The fourth-order valence-corrected chi connectivity index (χ4v) is 3.86. The van der Waals surface area contributed by atoms with Gasteiger partial charge in [-0.25, -0.2) is 14.3 Å². The molecule has 1 aliphatic rings. The maximum atomic E-state index is 13.0. The van der Waals surface area contributed by atoms with Crippen LogP contribution in [0.15, 0.2) is 40.2 Å². The number of imidazole rings is 1. The Morgan fingerprint density at radius 3 is 2.44 bits per heavy atom. The first-order valence-electron chi connectivity index (χ1n) is 9.89. The topological polar surface area (TPSA) is 85.4 Å². The number of hydrogen-bond acceptors (Lipinski definition) is 5. The first-order valence-corrected chi connectivity index (χ1v) is 9.89. The summed E-state index contributed by atoms with van der Waals surface area (Å²) in [6.07, 6.45) is -3.01. The van der Waals surface area contributed by atoms with Gasteiger partial charge in [-0.05, 0) is 18.2 Å². The van der Waals surface area contributed by atoms with Crippen molar-refractivity contribution in [3.8, 4) is 0 Å². The Kier molecular flexibility index (Phi) is 5.31. The summed E-state index contributed by atoms with van der Waals surface area (Å²) in [6.45, 7) is 0.772. The van der Waals surface area contributed by atoms with Crippen LogP contribution in [0.2, 0.25) is 0 Å². The normalized spacial score (nSPS) is 14.9. The van der Waals surface area contributed by atoms with Crippen LogP contribution in [-0.4, -0.2) is 55.7 Å². The Bertz CT molecular complexity index is 1300. The Morgan fingerprint density at radius 2 is 1.78 bits per heavy atom. The molecule has 1 fully saturated rings. The smallest absolute Gasteiger partial charge is 0.368 e. The maximum Gasteiger partial charge on any atom is 0.416 e. The van der Waals surface area contributed by atoms with Crippen LogP contribution in [0.4, 0.5) is 18.9 Å². The average Bonchev–Trinajstić information content (AvgIpc) is 3.16. The second kappa shape index (κ2) is 7.84. The molecular weight excluding hydrogens is 429 g/mol. The zero-order valence-electron chi connectivity index (χ0n) is 17.5. The van der Waals surface area contributed by atoms with Crippen LogP contribution in [0.3, 0.4) is 0 Å². The van der Waals surface area contributed by atoms with Crippen molar-refractivity contribution in [1.82, 2.24) is 23.6 Å². The van der Waals surface area contributed by atoms with Gasteiger partial charge in [-0.2, -0.15) is 13.2 Å². The van der Waals surface area contributed by atoms with Gasteiger partial charge >= 0.3 is 11.9 Å². The summed E-state index contributed by atoms with van der Waals surface area (Å²) in [5, 5.41) is 0. The van der Waals surface area contributed by atoms with Crippen LogP contribution in [-0.2, 0) is 31.6 Å². The fourth-order valence-electron chi connectivity index (χ4n) is 3.86. The predicted octanol–water partition coefficient (Wildman–Crippen LogP) is 0.801. The number of piperazine rings is 1. The molecule has 1 saturated heterocycles. The Labute approximate surface area is 179 Å². The number of nitrogens with zero attached hydrogens (tertiary/aromatic N) is 6. The van der Waals surface area contributed by atoms with Crippen molar-refractivity contribution in [2.75, 3.05) is 31.1 Å². The van der Waals surface area contributed by atoms with Gasteiger partial charge in [-0.3, -0.25) is 14.2 Å². The number of hydrogen-bond donors (Lipinski definition) is 0. The van der Waals surface area contributed by atoms with Gasteiger partial charge in [-0.15, -0.1) is 0 Å². The molecule has 0 atom stereocenters. The van der Waals surface area contributed by atoms with Crippen molar-refractivity contribution in [2.45, 2.75) is 12.7 Å². The molecule has 3 aromatic rings. The highest BCUT2D eigenvalue weighted by molar-refractivity contribution is 5.77. The van der Waals surface area contributed by atoms with Gasteiger partial charge in [0.05, 0.1) is 11.9 Å². The molecule has 0 radical (unpaired) electrons. The molecule has 0 bridgehead atoms. The van der Waals surface area contributed by atoms with Crippen molar-refractivity contribution >= 4 is 22.8 Å². The number of rotatable bonds is 3. The van der Waals surface area contributed by atoms with Crippen LogP contribution in [0, 0.1) is 0 Å². The van der Waals surface area contributed by atoms with Gasteiger partial charge < -0.3 is 14.4 Å². The zero-order valence-corrected chi connectivity index (χ0v) is 17.5. The average molecular weight is 450 g/mol. The van der Waals surface area contributed by atoms with E-state index in [1.54, 1.807) is 18.0 Å². The number of carbonyl (C=O) groups excluding carboxylic acids is 1. The lowest BCUT2D eigenvalue weighted by Crippen LogP contribution is -2.51. The van der Waals surface area contributed by atoms with E-state index in [1.165, 1.54) is 33.5 Å². The minimum Gasteiger partial charge on any atom is -0.368 e. The Morgan fingerprint density at radius 1 is 1.09 bits per heavy atom. The highest BCUT2D eigenvalue weighted by atomic mass is 19.4. The number of aromatic nitrogens is 4. The van der Waals surface area contributed by atoms with E-state index < -0.39 is 35.4 Å². The molecule has 0 saturated carbocycles. The van der Waals surface area contributed by atoms with E-state index in [0.29, 0.717) is 18.8 Å². The number of anilines is 1. The first kappa shape index (κ1) is 21.7. The number of alkyl halides is 3. The standard InChI is InChI=1S/C20H21F3N6O3/c1-25-12-24-17-16(25)18(31)29(19(32)26(17)2)11-15(30)28-8-6-27(7-9-28)14-5-3-4-13(10-14)20(21,22)23/h3-5,10,12H,6-9,11H2,1-2H3. The third-order valence-electron chi connectivity index (χ3n) is 5.67. The quantitative estimate of drug-likeness (QED) is 0.590. The van der Waals surface area contributed by atoms with Gasteiger partial charge in [0.25, 0.3) is 5.56 Å². The largest absolute Gasteiger partial charge is 0.416 e. The van der Waals surface area contributed by atoms with Gasteiger partial charge in [0.1, 0.15) is 6.54 Å². The van der Waals surface area contributed by atoms with Crippen molar-refractivity contribution < 1.29 is 18.0 Å². The van der Waals surface area contributed by atoms with E-state index in [0.717, 1.165) is 16.7 Å². The maximum absolute atomic E-state index is 13.0. The van der Waals surface area contributed by atoms with Gasteiger partial charge in [0.15, 0.2) is 11.2 Å². The zero-order chi connectivity index (χ0) is 23.2. The molecule has 4 rings (SSSR count). The van der Waals surface area contributed by atoms with E-state index in [2.05, 4.69) is 4.98 Å². The molecule has 2 aromatic heterocycles. The van der Waals surface area contributed by atoms with E-state index in [-0.39, 0.29) is 24.3 Å². The number of amides is 1. The summed E-state index contributed by atoms with van der Waals surface area (Å²) < 4.78 is 42.5. The molecular formula is C20H21F3N6O3. The lowest BCUT2D eigenvalue weighted by Gasteiger charge is -2.36. The molecule has 1 aliphatic heterocycles. The van der Waals surface area contributed by atoms with Gasteiger partial charge in [0.2, 0.25) is 5.91 Å². The summed E-state index contributed by atoms with van der Waals surface area (Å²) in [5.74, 6) is -0.408. The van der Waals surface area contributed by atoms with Crippen LogP contribution < -0.4 is 16.1 Å². The number of halogens is 3. The van der Waals surface area contributed by atoms with Gasteiger partial charge in [-0.1, -0.05) is 6.07 Å². The molecule has 9 nitrogen and oxygen atoms in total. The summed E-state index contributed by atoms with van der Waals surface area (Å²) in [5.41, 5.74) is -1.08. The fraction of sp³-hybridized carbons (Fsp3) is 0.400.